The molecule has 0 radical (unpaired) electrons. The molecule has 5 heteroatoms. The standard InChI is InChI=1S/C13H7FN2O2/c14-9-4-7-2-1-3-15-12(7)13-11(9)10(18)5-8(6-17)16-13/h1-6H,(H,16,18). The maximum atomic E-state index is 13.9. The van der Waals surface area contributed by atoms with Crippen LogP contribution in [0.15, 0.2) is 35.3 Å². The first-order valence-corrected chi connectivity index (χ1v) is 5.26. The van der Waals surface area contributed by atoms with Gasteiger partial charge >= 0.3 is 0 Å². The Kier molecular flexibility index (Phi) is 2.19. The highest BCUT2D eigenvalue weighted by molar-refractivity contribution is 6.03. The number of halogens is 1. The summed E-state index contributed by atoms with van der Waals surface area (Å²) in [4.78, 5) is 29.4. The number of pyridine rings is 2. The van der Waals surface area contributed by atoms with Gasteiger partial charge < -0.3 is 4.98 Å². The third kappa shape index (κ3) is 1.41. The zero-order chi connectivity index (χ0) is 12.7. The smallest absolute Gasteiger partial charge is 0.193 e. The highest BCUT2D eigenvalue weighted by Gasteiger charge is 2.11. The second-order valence-electron chi connectivity index (χ2n) is 3.89. The summed E-state index contributed by atoms with van der Waals surface area (Å²) >= 11 is 0. The monoisotopic (exact) mass is 242 g/mol. The van der Waals surface area contributed by atoms with E-state index in [1.807, 2.05) is 0 Å². The van der Waals surface area contributed by atoms with Crippen LogP contribution in [0, 0.1) is 5.82 Å². The van der Waals surface area contributed by atoms with Gasteiger partial charge in [-0.1, -0.05) is 6.07 Å². The number of nitrogens with one attached hydrogen (secondary N) is 1. The first kappa shape index (κ1) is 10.6. The number of fused-ring (bicyclic) bond motifs is 3. The number of nitrogens with zero attached hydrogens (tertiary/aromatic N) is 1. The van der Waals surface area contributed by atoms with Gasteiger partial charge in [-0.2, -0.15) is 0 Å². The van der Waals surface area contributed by atoms with E-state index >= 15 is 0 Å². The summed E-state index contributed by atoms with van der Waals surface area (Å²) in [6.45, 7) is 0. The molecule has 88 valence electrons. The summed E-state index contributed by atoms with van der Waals surface area (Å²) in [5, 5.41) is 0.494. The molecule has 3 rings (SSSR count). The average molecular weight is 242 g/mol. The van der Waals surface area contributed by atoms with Gasteiger partial charge in [0.1, 0.15) is 5.82 Å². The summed E-state index contributed by atoms with van der Waals surface area (Å²) in [7, 11) is 0. The molecule has 0 fully saturated rings. The van der Waals surface area contributed by atoms with E-state index < -0.39 is 11.2 Å². The van der Waals surface area contributed by atoms with E-state index in [0.29, 0.717) is 17.2 Å². The number of aromatic amines is 1. The molecule has 0 saturated carbocycles. The number of hydrogen-bond acceptors (Lipinski definition) is 3. The second kappa shape index (κ2) is 3.73. The predicted octanol–water partition coefficient (Wildman–Crippen LogP) is 2.03. The Morgan fingerprint density at radius 3 is 2.94 bits per heavy atom. The molecule has 0 amide bonds. The molecular formula is C13H7FN2O2. The third-order valence-corrected chi connectivity index (χ3v) is 2.78. The predicted molar refractivity (Wildman–Crippen MR) is 65.2 cm³/mol. The van der Waals surface area contributed by atoms with Gasteiger partial charge in [-0.25, -0.2) is 4.39 Å². The molecule has 0 bridgehead atoms. The van der Waals surface area contributed by atoms with Crippen LogP contribution in [0.5, 0.6) is 0 Å². The van der Waals surface area contributed by atoms with Crippen LogP contribution in [0.25, 0.3) is 21.8 Å². The highest BCUT2D eigenvalue weighted by atomic mass is 19.1. The summed E-state index contributed by atoms with van der Waals surface area (Å²) in [5.41, 5.74) is 0.288. The molecule has 2 aromatic heterocycles. The Balaban J connectivity index is 2.66. The summed E-state index contributed by atoms with van der Waals surface area (Å²) in [6, 6.07) is 5.71. The largest absolute Gasteiger partial charge is 0.350 e. The van der Waals surface area contributed by atoms with Gasteiger partial charge in [0.05, 0.1) is 22.1 Å². The Bertz CT molecular complexity index is 839. The maximum Gasteiger partial charge on any atom is 0.193 e. The first-order chi connectivity index (χ1) is 8.70. The lowest BCUT2D eigenvalue weighted by molar-refractivity contribution is 0.111. The minimum atomic E-state index is -0.621. The normalized spacial score (nSPS) is 10.9. The summed E-state index contributed by atoms with van der Waals surface area (Å²) in [5.74, 6) is -0.621. The molecule has 0 unspecified atom stereocenters. The fourth-order valence-electron chi connectivity index (χ4n) is 2.01. The Hall–Kier alpha value is -2.56. The molecule has 0 aliphatic carbocycles. The summed E-state index contributed by atoms with van der Waals surface area (Å²) in [6.07, 6.45) is 2.06. The van der Waals surface area contributed by atoms with Crippen LogP contribution in [0.3, 0.4) is 0 Å². The van der Waals surface area contributed by atoms with Crippen LogP contribution in [-0.4, -0.2) is 16.3 Å². The number of aromatic nitrogens is 2. The molecule has 1 N–H and O–H groups in total. The zero-order valence-corrected chi connectivity index (χ0v) is 9.11. The second-order valence-corrected chi connectivity index (χ2v) is 3.89. The van der Waals surface area contributed by atoms with Crippen molar-refractivity contribution in [3.63, 3.8) is 0 Å². The zero-order valence-electron chi connectivity index (χ0n) is 9.11. The highest BCUT2D eigenvalue weighted by Crippen LogP contribution is 2.22. The molecule has 2 heterocycles. The van der Waals surface area contributed by atoms with Crippen LogP contribution >= 0.6 is 0 Å². The third-order valence-electron chi connectivity index (χ3n) is 2.78. The number of carbonyl (C=O) groups is 1. The molecule has 0 aliphatic heterocycles. The molecule has 18 heavy (non-hydrogen) atoms. The van der Waals surface area contributed by atoms with Crippen molar-refractivity contribution < 1.29 is 9.18 Å². The van der Waals surface area contributed by atoms with Gasteiger partial charge in [0.2, 0.25) is 0 Å². The van der Waals surface area contributed by atoms with Gasteiger partial charge in [0.15, 0.2) is 11.7 Å². The first-order valence-electron chi connectivity index (χ1n) is 5.26. The molecule has 0 aliphatic rings. The van der Waals surface area contributed by atoms with Crippen LogP contribution in [0.1, 0.15) is 10.5 Å². The quantitative estimate of drug-likeness (QED) is 0.524. The molecule has 4 nitrogen and oxygen atoms in total. The fraction of sp³-hybridized carbons (Fsp3) is 0. The minimum Gasteiger partial charge on any atom is -0.350 e. The molecule has 0 spiro atoms. The van der Waals surface area contributed by atoms with E-state index in [1.165, 1.54) is 6.07 Å². The molecule has 0 atom stereocenters. The Morgan fingerprint density at radius 2 is 2.17 bits per heavy atom. The van der Waals surface area contributed by atoms with Crippen molar-refractivity contribution in [2.45, 2.75) is 0 Å². The molecule has 1 aromatic carbocycles. The van der Waals surface area contributed by atoms with Crippen LogP contribution < -0.4 is 5.43 Å². The van der Waals surface area contributed by atoms with Crippen LogP contribution in [-0.2, 0) is 0 Å². The Labute approximate surface area is 100 Å². The van der Waals surface area contributed by atoms with Gasteiger partial charge in [-0.3, -0.25) is 14.6 Å². The summed E-state index contributed by atoms with van der Waals surface area (Å²) < 4.78 is 13.9. The molecule has 0 saturated heterocycles. The van der Waals surface area contributed by atoms with Crippen LogP contribution in [0.4, 0.5) is 4.39 Å². The van der Waals surface area contributed by atoms with Gasteiger partial charge in [-0.15, -0.1) is 0 Å². The molecular weight excluding hydrogens is 235 g/mol. The van der Waals surface area contributed by atoms with Crippen molar-refractivity contribution in [2.24, 2.45) is 0 Å². The van der Waals surface area contributed by atoms with Crippen molar-refractivity contribution in [3.8, 4) is 0 Å². The van der Waals surface area contributed by atoms with E-state index in [-0.39, 0.29) is 16.6 Å². The number of carbonyl (C=O) groups excluding carboxylic acids is 1. The number of H-pyrrole nitrogens is 1. The SMILES string of the molecule is O=Cc1cc(=O)c2c(F)cc3cccnc3c2[nH]1. The van der Waals surface area contributed by atoms with Gasteiger partial charge in [0.25, 0.3) is 0 Å². The van der Waals surface area contributed by atoms with Crippen molar-refractivity contribution >= 4 is 28.1 Å². The van der Waals surface area contributed by atoms with Crippen molar-refractivity contribution in [1.82, 2.24) is 9.97 Å². The van der Waals surface area contributed by atoms with Gasteiger partial charge in [-0.05, 0) is 12.1 Å². The maximum absolute atomic E-state index is 13.9. The lowest BCUT2D eigenvalue weighted by Gasteiger charge is -2.04. The van der Waals surface area contributed by atoms with E-state index in [4.69, 9.17) is 0 Å². The van der Waals surface area contributed by atoms with E-state index in [2.05, 4.69) is 9.97 Å². The fourth-order valence-corrected chi connectivity index (χ4v) is 2.01. The number of rotatable bonds is 1. The van der Waals surface area contributed by atoms with E-state index in [9.17, 15) is 14.0 Å². The van der Waals surface area contributed by atoms with E-state index in [0.717, 1.165) is 6.07 Å². The van der Waals surface area contributed by atoms with E-state index in [1.54, 1.807) is 18.3 Å². The molecule has 3 aromatic rings. The van der Waals surface area contributed by atoms with Crippen molar-refractivity contribution in [2.75, 3.05) is 0 Å². The lowest BCUT2D eigenvalue weighted by Crippen LogP contribution is -2.07. The topological polar surface area (TPSA) is 62.8 Å². The van der Waals surface area contributed by atoms with Crippen LogP contribution in [0.2, 0.25) is 0 Å². The Morgan fingerprint density at radius 1 is 1.33 bits per heavy atom. The number of benzene rings is 1. The minimum absolute atomic E-state index is 0.0770. The van der Waals surface area contributed by atoms with Crippen molar-refractivity contribution in [3.05, 3.63) is 52.2 Å². The number of aldehydes is 1. The van der Waals surface area contributed by atoms with Gasteiger partial charge in [0, 0.05) is 17.6 Å². The average Bonchev–Trinajstić information content (AvgIpc) is 2.38. The lowest BCUT2D eigenvalue weighted by atomic mass is 10.1. The number of hydrogen-bond donors (Lipinski definition) is 1. The van der Waals surface area contributed by atoms with Crippen molar-refractivity contribution in [1.29, 1.82) is 0 Å².